The quantitative estimate of drug-likeness (QED) is 0.466. The number of rotatable bonds is 4. The van der Waals surface area contributed by atoms with Gasteiger partial charge in [-0.1, -0.05) is 29.8 Å². The fourth-order valence-corrected chi connectivity index (χ4v) is 2.12. The number of aliphatic imine (C=N–C) groups is 1. The van der Waals surface area contributed by atoms with Gasteiger partial charge in [-0.15, -0.1) is 24.0 Å². The van der Waals surface area contributed by atoms with Crippen LogP contribution in [0.15, 0.2) is 52.1 Å². The summed E-state index contributed by atoms with van der Waals surface area (Å²) in [5.41, 5.74) is 1.07. The maximum atomic E-state index is 6.17. The van der Waals surface area contributed by atoms with Gasteiger partial charge in [0, 0.05) is 25.7 Å². The molecule has 2 aromatic rings. The summed E-state index contributed by atoms with van der Waals surface area (Å²) in [7, 11) is 3.73. The predicted molar refractivity (Wildman–Crippen MR) is 97.2 cm³/mol. The van der Waals surface area contributed by atoms with E-state index < -0.39 is 0 Å². The van der Waals surface area contributed by atoms with Crippen LogP contribution < -0.4 is 5.32 Å². The smallest absolute Gasteiger partial charge is 0.194 e. The van der Waals surface area contributed by atoms with Crippen molar-refractivity contribution < 1.29 is 4.42 Å². The summed E-state index contributed by atoms with van der Waals surface area (Å²) in [6.45, 7) is 1.30. The topological polar surface area (TPSA) is 40.8 Å². The van der Waals surface area contributed by atoms with Crippen molar-refractivity contribution in [1.29, 1.82) is 0 Å². The first-order valence-corrected chi connectivity index (χ1v) is 6.76. The molecule has 114 valence electrons. The normalized spacial score (nSPS) is 10.9. The van der Waals surface area contributed by atoms with Crippen molar-refractivity contribution in [3.63, 3.8) is 0 Å². The Kier molecular flexibility index (Phi) is 7.60. The van der Waals surface area contributed by atoms with Gasteiger partial charge in [0.05, 0.1) is 12.8 Å². The summed E-state index contributed by atoms with van der Waals surface area (Å²) >= 11 is 6.17. The van der Waals surface area contributed by atoms with E-state index in [0.29, 0.717) is 13.1 Å². The van der Waals surface area contributed by atoms with Crippen LogP contribution >= 0.6 is 35.6 Å². The molecule has 0 aliphatic heterocycles. The average molecular weight is 420 g/mol. The summed E-state index contributed by atoms with van der Waals surface area (Å²) in [5, 5.41) is 4.02. The van der Waals surface area contributed by atoms with Crippen molar-refractivity contribution >= 4 is 41.5 Å². The van der Waals surface area contributed by atoms with Gasteiger partial charge in [0.25, 0.3) is 0 Å². The number of benzene rings is 1. The lowest BCUT2D eigenvalue weighted by atomic mass is 10.2. The Hall–Kier alpha value is -1.21. The molecule has 0 amide bonds. The zero-order valence-corrected chi connectivity index (χ0v) is 15.1. The molecule has 1 heterocycles. The van der Waals surface area contributed by atoms with Crippen LogP contribution in [0.4, 0.5) is 0 Å². The Balaban J connectivity index is 0.00000220. The Bertz CT molecular complexity index is 572. The molecular formula is C15H19ClIN3O. The molecule has 0 radical (unpaired) electrons. The van der Waals surface area contributed by atoms with Crippen LogP contribution in [0.1, 0.15) is 11.3 Å². The molecule has 0 bridgehead atoms. The molecule has 1 aromatic carbocycles. The number of hydrogen-bond acceptors (Lipinski definition) is 2. The van der Waals surface area contributed by atoms with Gasteiger partial charge in [0.15, 0.2) is 5.96 Å². The highest BCUT2D eigenvalue weighted by atomic mass is 127. The van der Waals surface area contributed by atoms with E-state index in [-0.39, 0.29) is 24.0 Å². The maximum Gasteiger partial charge on any atom is 0.194 e. The van der Waals surface area contributed by atoms with Crippen LogP contribution in [0.25, 0.3) is 0 Å². The third kappa shape index (κ3) is 5.24. The van der Waals surface area contributed by atoms with E-state index in [0.717, 1.165) is 22.3 Å². The van der Waals surface area contributed by atoms with E-state index in [9.17, 15) is 0 Å². The van der Waals surface area contributed by atoms with E-state index in [4.69, 9.17) is 16.0 Å². The number of halogens is 2. The lowest BCUT2D eigenvalue weighted by molar-refractivity contribution is 0.459. The van der Waals surface area contributed by atoms with Crippen molar-refractivity contribution in [3.05, 3.63) is 59.0 Å². The highest BCUT2D eigenvalue weighted by Gasteiger charge is 2.09. The Morgan fingerprint density at radius 2 is 2.05 bits per heavy atom. The molecule has 6 heteroatoms. The van der Waals surface area contributed by atoms with E-state index in [1.54, 1.807) is 13.3 Å². The van der Waals surface area contributed by atoms with Crippen LogP contribution in [-0.2, 0) is 13.1 Å². The molecule has 21 heavy (non-hydrogen) atoms. The first-order chi connectivity index (χ1) is 9.70. The van der Waals surface area contributed by atoms with Crippen LogP contribution in [-0.4, -0.2) is 25.0 Å². The molecule has 0 aliphatic rings. The molecule has 0 aliphatic carbocycles. The minimum Gasteiger partial charge on any atom is -0.467 e. The second kappa shape index (κ2) is 8.94. The Morgan fingerprint density at radius 1 is 1.29 bits per heavy atom. The second-order valence-electron chi connectivity index (χ2n) is 4.43. The first kappa shape index (κ1) is 17.8. The van der Waals surface area contributed by atoms with Crippen LogP contribution in [0, 0.1) is 0 Å². The van der Waals surface area contributed by atoms with Gasteiger partial charge in [0.1, 0.15) is 5.76 Å². The standard InChI is InChI=1S/C15H18ClN3O.HI/c1-17-15(18-10-13-7-5-9-20-13)19(2)11-12-6-3-4-8-14(12)16;/h3-9H,10-11H2,1-2H3,(H,17,18);1H. The van der Waals surface area contributed by atoms with E-state index in [1.165, 1.54) is 0 Å². The second-order valence-corrected chi connectivity index (χ2v) is 4.83. The Labute approximate surface area is 147 Å². The van der Waals surface area contributed by atoms with Crippen LogP contribution in [0.3, 0.4) is 0 Å². The number of nitrogens with one attached hydrogen (secondary N) is 1. The average Bonchev–Trinajstić information content (AvgIpc) is 2.95. The minimum absolute atomic E-state index is 0. The summed E-state index contributed by atoms with van der Waals surface area (Å²) in [6.07, 6.45) is 1.66. The van der Waals surface area contributed by atoms with Gasteiger partial charge in [-0.3, -0.25) is 4.99 Å². The van der Waals surface area contributed by atoms with Crippen LogP contribution in [0.5, 0.6) is 0 Å². The van der Waals surface area contributed by atoms with E-state index in [1.807, 2.05) is 48.3 Å². The molecule has 4 nitrogen and oxygen atoms in total. The van der Waals surface area contributed by atoms with Gasteiger partial charge in [-0.05, 0) is 23.8 Å². The van der Waals surface area contributed by atoms with Crippen molar-refractivity contribution in [1.82, 2.24) is 10.2 Å². The molecule has 2 rings (SSSR count). The number of furan rings is 1. The summed E-state index contributed by atoms with van der Waals surface area (Å²) in [6, 6.07) is 11.6. The first-order valence-electron chi connectivity index (χ1n) is 6.38. The predicted octanol–water partition coefficient (Wildman–Crippen LogP) is 3.76. The summed E-state index contributed by atoms with van der Waals surface area (Å²) in [5.74, 6) is 1.67. The van der Waals surface area contributed by atoms with Crippen molar-refractivity contribution in [2.45, 2.75) is 13.1 Å². The largest absolute Gasteiger partial charge is 0.467 e. The minimum atomic E-state index is 0. The zero-order valence-electron chi connectivity index (χ0n) is 12.0. The Morgan fingerprint density at radius 3 is 2.67 bits per heavy atom. The molecule has 0 unspecified atom stereocenters. The third-order valence-corrected chi connectivity index (χ3v) is 3.31. The molecule has 0 atom stereocenters. The number of hydrogen-bond donors (Lipinski definition) is 1. The van der Waals surface area contributed by atoms with E-state index >= 15 is 0 Å². The number of guanidine groups is 1. The van der Waals surface area contributed by atoms with Crippen molar-refractivity contribution in [2.75, 3.05) is 14.1 Å². The fourth-order valence-electron chi connectivity index (χ4n) is 1.92. The lowest BCUT2D eigenvalue weighted by Gasteiger charge is -2.22. The summed E-state index contributed by atoms with van der Waals surface area (Å²) < 4.78 is 5.29. The van der Waals surface area contributed by atoms with Gasteiger partial charge >= 0.3 is 0 Å². The molecule has 0 saturated heterocycles. The number of nitrogens with zero attached hydrogens (tertiary/aromatic N) is 2. The van der Waals surface area contributed by atoms with Gasteiger partial charge in [0.2, 0.25) is 0 Å². The molecule has 1 N–H and O–H groups in total. The fraction of sp³-hybridized carbons (Fsp3) is 0.267. The summed E-state index contributed by atoms with van der Waals surface area (Å²) in [4.78, 5) is 6.28. The molecule has 0 saturated carbocycles. The van der Waals surface area contributed by atoms with Gasteiger partial charge in [-0.25, -0.2) is 0 Å². The monoisotopic (exact) mass is 419 g/mol. The van der Waals surface area contributed by atoms with Crippen molar-refractivity contribution in [3.8, 4) is 0 Å². The van der Waals surface area contributed by atoms with Gasteiger partial charge < -0.3 is 14.6 Å². The van der Waals surface area contributed by atoms with Crippen LogP contribution in [0.2, 0.25) is 5.02 Å². The van der Waals surface area contributed by atoms with Crippen molar-refractivity contribution in [2.24, 2.45) is 4.99 Å². The third-order valence-electron chi connectivity index (χ3n) is 2.94. The molecule has 0 spiro atoms. The SMILES string of the molecule is CN=C(NCc1ccco1)N(C)Cc1ccccc1Cl.I. The lowest BCUT2D eigenvalue weighted by Crippen LogP contribution is -2.38. The zero-order chi connectivity index (χ0) is 14.4. The maximum absolute atomic E-state index is 6.17. The van der Waals surface area contributed by atoms with Gasteiger partial charge in [-0.2, -0.15) is 0 Å². The molecular weight excluding hydrogens is 401 g/mol. The highest BCUT2D eigenvalue weighted by Crippen LogP contribution is 2.16. The molecule has 0 fully saturated rings. The van der Waals surface area contributed by atoms with E-state index in [2.05, 4.69) is 10.3 Å². The molecule has 1 aromatic heterocycles. The highest BCUT2D eigenvalue weighted by molar-refractivity contribution is 14.0.